The minimum atomic E-state index is -3.92. The summed E-state index contributed by atoms with van der Waals surface area (Å²) in [6.07, 6.45) is 0.313. The van der Waals surface area contributed by atoms with E-state index in [0.717, 1.165) is 0 Å². The number of rotatable bonds is 5. The first kappa shape index (κ1) is 16.0. The van der Waals surface area contributed by atoms with Crippen molar-refractivity contribution in [1.29, 1.82) is 0 Å². The lowest BCUT2D eigenvalue weighted by Gasteiger charge is -2.16. The van der Waals surface area contributed by atoms with Crippen LogP contribution in [0.25, 0.3) is 0 Å². The Labute approximate surface area is 121 Å². The quantitative estimate of drug-likeness (QED) is 0.332. The number of oxime groups is 1. The molecule has 6 nitrogen and oxygen atoms in total. The van der Waals surface area contributed by atoms with E-state index in [9.17, 15) is 8.42 Å². The van der Waals surface area contributed by atoms with Gasteiger partial charge in [0.15, 0.2) is 5.84 Å². The zero-order chi connectivity index (χ0) is 14.6. The summed E-state index contributed by atoms with van der Waals surface area (Å²) < 4.78 is 26.6. The molecule has 1 aromatic carbocycles. The van der Waals surface area contributed by atoms with Crippen LogP contribution in [0.3, 0.4) is 0 Å². The normalized spacial score (nSPS) is 14.4. The molecule has 19 heavy (non-hydrogen) atoms. The van der Waals surface area contributed by atoms with Crippen molar-refractivity contribution in [2.45, 2.75) is 24.3 Å². The fourth-order valence-electron chi connectivity index (χ4n) is 1.36. The van der Waals surface area contributed by atoms with Gasteiger partial charge in [-0.25, -0.2) is 13.1 Å². The fraction of sp³-hybridized carbons (Fsp3) is 0.300. The maximum atomic E-state index is 12.1. The summed E-state index contributed by atoms with van der Waals surface area (Å²) >= 11 is 11.6. The van der Waals surface area contributed by atoms with Gasteiger partial charge in [-0.2, -0.15) is 0 Å². The van der Waals surface area contributed by atoms with E-state index < -0.39 is 16.1 Å². The Hall–Kier alpha value is -1.02. The Morgan fingerprint density at radius 2 is 2.16 bits per heavy atom. The van der Waals surface area contributed by atoms with Crippen LogP contribution in [-0.4, -0.2) is 25.5 Å². The molecule has 0 aliphatic rings. The van der Waals surface area contributed by atoms with E-state index in [-0.39, 0.29) is 20.8 Å². The molecule has 0 bridgehead atoms. The second-order valence-corrected chi connectivity index (χ2v) is 6.21. The first-order valence-corrected chi connectivity index (χ1v) is 7.50. The number of sulfonamides is 1. The molecule has 1 rings (SSSR count). The average molecular weight is 326 g/mol. The number of nitrogens with two attached hydrogens (primary N) is 1. The average Bonchev–Trinajstić information content (AvgIpc) is 2.37. The summed E-state index contributed by atoms with van der Waals surface area (Å²) in [5.41, 5.74) is 5.39. The molecule has 0 spiro atoms. The van der Waals surface area contributed by atoms with Crippen LogP contribution >= 0.6 is 23.2 Å². The molecule has 1 atom stereocenters. The van der Waals surface area contributed by atoms with Crippen LogP contribution in [0.1, 0.15) is 13.3 Å². The van der Waals surface area contributed by atoms with Gasteiger partial charge in [0.2, 0.25) is 10.0 Å². The SMILES string of the molecule is CCC(NS(=O)(=O)c1cc(Cl)ccc1Cl)/C(N)=N/O. The van der Waals surface area contributed by atoms with Crippen LogP contribution < -0.4 is 10.5 Å². The van der Waals surface area contributed by atoms with Gasteiger partial charge in [0.1, 0.15) is 4.90 Å². The first-order valence-electron chi connectivity index (χ1n) is 5.26. The lowest BCUT2D eigenvalue weighted by molar-refractivity contribution is 0.315. The van der Waals surface area contributed by atoms with E-state index in [1.54, 1.807) is 6.92 Å². The highest BCUT2D eigenvalue weighted by molar-refractivity contribution is 7.89. The number of hydrogen-bond acceptors (Lipinski definition) is 4. The maximum Gasteiger partial charge on any atom is 0.242 e. The molecular weight excluding hydrogens is 313 g/mol. The third-order valence-electron chi connectivity index (χ3n) is 2.36. The van der Waals surface area contributed by atoms with Crippen molar-refractivity contribution in [3.8, 4) is 0 Å². The lowest BCUT2D eigenvalue weighted by atomic mass is 10.2. The predicted octanol–water partition coefficient (Wildman–Crippen LogP) is 1.80. The second kappa shape index (κ2) is 6.42. The third kappa shape index (κ3) is 3.97. The third-order valence-corrected chi connectivity index (χ3v) is 4.55. The van der Waals surface area contributed by atoms with Crippen LogP contribution in [0.4, 0.5) is 0 Å². The molecule has 0 aliphatic heterocycles. The Morgan fingerprint density at radius 1 is 1.53 bits per heavy atom. The van der Waals surface area contributed by atoms with Crippen LogP contribution in [0.2, 0.25) is 10.0 Å². The topological polar surface area (TPSA) is 105 Å². The van der Waals surface area contributed by atoms with E-state index in [0.29, 0.717) is 6.42 Å². The van der Waals surface area contributed by atoms with Gasteiger partial charge in [-0.1, -0.05) is 35.3 Å². The van der Waals surface area contributed by atoms with Crippen molar-refractivity contribution in [3.05, 3.63) is 28.2 Å². The molecule has 0 saturated heterocycles. The van der Waals surface area contributed by atoms with Crippen molar-refractivity contribution in [1.82, 2.24) is 4.72 Å². The van der Waals surface area contributed by atoms with Gasteiger partial charge >= 0.3 is 0 Å². The monoisotopic (exact) mass is 325 g/mol. The Balaban J connectivity index is 3.14. The van der Waals surface area contributed by atoms with E-state index >= 15 is 0 Å². The summed E-state index contributed by atoms with van der Waals surface area (Å²) in [4.78, 5) is -0.161. The van der Waals surface area contributed by atoms with Gasteiger partial charge in [-0.15, -0.1) is 0 Å². The highest BCUT2D eigenvalue weighted by Gasteiger charge is 2.24. The summed E-state index contributed by atoms with van der Waals surface area (Å²) in [5, 5.41) is 11.6. The minimum absolute atomic E-state index is 0.0336. The van der Waals surface area contributed by atoms with Crippen molar-refractivity contribution in [2.24, 2.45) is 10.9 Å². The number of hydrogen-bond donors (Lipinski definition) is 3. The van der Waals surface area contributed by atoms with Crippen molar-refractivity contribution >= 4 is 39.1 Å². The van der Waals surface area contributed by atoms with E-state index in [4.69, 9.17) is 34.1 Å². The highest BCUT2D eigenvalue weighted by atomic mass is 35.5. The number of nitrogens with one attached hydrogen (secondary N) is 1. The van der Waals surface area contributed by atoms with Crippen molar-refractivity contribution in [2.75, 3.05) is 0 Å². The Morgan fingerprint density at radius 3 is 2.68 bits per heavy atom. The second-order valence-electron chi connectivity index (χ2n) is 3.68. The zero-order valence-electron chi connectivity index (χ0n) is 9.97. The van der Waals surface area contributed by atoms with Crippen molar-refractivity contribution < 1.29 is 13.6 Å². The molecule has 1 unspecified atom stereocenters. The molecule has 0 fully saturated rings. The molecule has 4 N–H and O–H groups in total. The first-order chi connectivity index (χ1) is 8.81. The van der Waals surface area contributed by atoms with Crippen LogP contribution in [0.15, 0.2) is 28.3 Å². The molecule has 0 aromatic heterocycles. The largest absolute Gasteiger partial charge is 0.409 e. The number of nitrogens with zero attached hydrogens (tertiary/aromatic N) is 1. The van der Waals surface area contributed by atoms with Gasteiger partial charge in [0, 0.05) is 5.02 Å². The number of benzene rings is 1. The molecule has 9 heteroatoms. The van der Waals surface area contributed by atoms with Crippen LogP contribution in [0.5, 0.6) is 0 Å². The van der Waals surface area contributed by atoms with E-state index in [2.05, 4.69) is 9.88 Å². The lowest BCUT2D eigenvalue weighted by Crippen LogP contribution is -2.44. The van der Waals surface area contributed by atoms with Gasteiger partial charge in [-0.05, 0) is 24.6 Å². The van der Waals surface area contributed by atoms with E-state index in [1.165, 1.54) is 18.2 Å². The summed E-state index contributed by atoms with van der Waals surface area (Å²) in [6.45, 7) is 1.69. The van der Waals surface area contributed by atoms with E-state index in [1.807, 2.05) is 0 Å². The summed E-state index contributed by atoms with van der Waals surface area (Å²) in [5.74, 6) is -0.232. The molecular formula is C10H13Cl2N3O3S. The highest BCUT2D eigenvalue weighted by Crippen LogP contribution is 2.25. The molecule has 0 heterocycles. The smallest absolute Gasteiger partial charge is 0.242 e. The van der Waals surface area contributed by atoms with Gasteiger partial charge in [0.25, 0.3) is 0 Å². The molecule has 1 aromatic rings. The van der Waals surface area contributed by atoms with Crippen molar-refractivity contribution in [3.63, 3.8) is 0 Å². The molecule has 0 radical (unpaired) electrons. The molecule has 106 valence electrons. The van der Waals surface area contributed by atoms with Crippen LogP contribution in [0, 0.1) is 0 Å². The minimum Gasteiger partial charge on any atom is -0.409 e. The van der Waals surface area contributed by atoms with Crippen LogP contribution in [-0.2, 0) is 10.0 Å². The van der Waals surface area contributed by atoms with Gasteiger partial charge < -0.3 is 10.9 Å². The Bertz CT molecular complexity index is 590. The standard InChI is InChI=1S/C10H13Cl2N3O3S/c1-2-8(10(13)14-16)15-19(17,18)9-5-6(11)3-4-7(9)12/h3-5,8,15-16H,2H2,1H3,(H2,13,14). The van der Waals surface area contributed by atoms with Gasteiger partial charge in [0.05, 0.1) is 11.1 Å². The maximum absolute atomic E-state index is 12.1. The summed E-state index contributed by atoms with van der Waals surface area (Å²) in [6, 6.07) is 3.25. The molecule has 0 saturated carbocycles. The fourth-order valence-corrected chi connectivity index (χ4v) is 3.41. The summed E-state index contributed by atoms with van der Waals surface area (Å²) in [7, 11) is -3.92. The molecule has 0 amide bonds. The number of amidine groups is 1. The van der Waals surface area contributed by atoms with Gasteiger partial charge in [-0.3, -0.25) is 0 Å². The predicted molar refractivity (Wildman–Crippen MR) is 74.3 cm³/mol. The number of halogens is 2. The molecule has 0 aliphatic carbocycles. The zero-order valence-corrected chi connectivity index (χ0v) is 12.3. The Kier molecular flexibility index (Phi) is 5.42.